The van der Waals surface area contributed by atoms with Crippen LogP contribution in [0.2, 0.25) is 0 Å². The average molecular weight is 277 g/mol. The van der Waals surface area contributed by atoms with E-state index in [-0.39, 0.29) is 10.8 Å². The van der Waals surface area contributed by atoms with Gasteiger partial charge in [0.15, 0.2) is 5.60 Å². The Labute approximate surface area is 123 Å². The first-order chi connectivity index (χ1) is 8.98. The van der Waals surface area contributed by atoms with E-state index < -0.39 is 11.2 Å². The third-order valence-corrected chi connectivity index (χ3v) is 4.13. The van der Waals surface area contributed by atoms with Gasteiger partial charge in [0.1, 0.15) is 11.7 Å². The molecule has 20 heavy (non-hydrogen) atoms. The van der Waals surface area contributed by atoms with Crippen molar-refractivity contribution in [1.29, 1.82) is 5.26 Å². The molecule has 0 N–H and O–H groups in total. The molecule has 3 nitrogen and oxygen atoms in total. The van der Waals surface area contributed by atoms with Crippen LogP contribution in [0.4, 0.5) is 0 Å². The van der Waals surface area contributed by atoms with Crippen LogP contribution in [-0.2, 0) is 9.47 Å². The minimum absolute atomic E-state index is 0.121. The van der Waals surface area contributed by atoms with Gasteiger partial charge in [-0.15, -0.1) is 0 Å². The molecule has 0 aromatic heterocycles. The SMILES string of the molecule is CO[C@]1(C(C)(C)C)C=C[C@](C#N)(OC)C(C(C)(C)C)=C1. The van der Waals surface area contributed by atoms with Crippen LogP contribution >= 0.6 is 0 Å². The van der Waals surface area contributed by atoms with Crippen LogP contribution in [0.15, 0.2) is 23.8 Å². The summed E-state index contributed by atoms with van der Waals surface area (Å²) in [4.78, 5) is 0. The van der Waals surface area contributed by atoms with Crippen molar-refractivity contribution in [2.24, 2.45) is 10.8 Å². The normalized spacial score (nSPS) is 30.9. The van der Waals surface area contributed by atoms with E-state index in [1.54, 1.807) is 14.2 Å². The quantitative estimate of drug-likeness (QED) is 0.720. The van der Waals surface area contributed by atoms with Crippen molar-refractivity contribution in [3.8, 4) is 6.07 Å². The molecule has 0 radical (unpaired) electrons. The van der Waals surface area contributed by atoms with Crippen molar-refractivity contribution in [1.82, 2.24) is 0 Å². The van der Waals surface area contributed by atoms with Crippen LogP contribution in [-0.4, -0.2) is 25.4 Å². The molecule has 0 unspecified atom stereocenters. The van der Waals surface area contributed by atoms with E-state index in [0.29, 0.717) is 0 Å². The number of hydrogen-bond acceptors (Lipinski definition) is 3. The van der Waals surface area contributed by atoms with Crippen molar-refractivity contribution in [2.75, 3.05) is 14.2 Å². The van der Waals surface area contributed by atoms with E-state index in [0.717, 1.165) is 5.57 Å². The predicted octanol–water partition coefficient (Wildman–Crippen LogP) is 3.87. The molecule has 0 saturated carbocycles. The highest BCUT2D eigenvalue weighted by atomic mass is 16.5. The Morgan fingerprint density at radius 3 is 1.85 bits per heavy atom. The molecule has 0 saturated heterocycles. The summed E-state index contributed by atoms with van der Waals surface area (Å²) in [5, 5.41) is 9.61. The van der Waals surface area contributed by atoms with Crippen LogP contribution in [0.1, 0.15) is 41.5 Å². The Kier molecular flexibility index (Phi) is 4.25. The topological polar surface area (TPSA) is 42.2 Å². The zero-order valence-corrected chi connectivity index (χ0v) is 14.0. The lowest BCUT2D eigenvalue weighted by molar-refractivity contribution is -0.0228. The molecule has 112 valence electrons. The zero-order valence-electron chi connectivity index (χ0n) is 14.0. The number of hydrogen-bond donors (Lipinski definition) is 0. The van der Waals surface area contributed by atoms with Crippen molar-refractivity contribution in [3.05, 3.63) is 23.8 Å². The molecule has 0 bridgehead atoms. The van der Waals surface area contributed by atoms with Crippen molar-refractivity contribution >= 4 is 0 Å². The maximum atomic E-state index is 9.61. The number of nitriles is 1. The third-order valence-electron chi connectivity index (χ3n) is 4.13. The second-order valence-corrected chi connectivity index (χ2v) is 7.44. The number of methoxy groups -OCH3 is 2. The van der Waals surface area contributed by atoms with Gasteiger partial charge in [-0.2, -0.15) is 5.26 Å². The summed E-state index contributed by atoms with van der Waals surface area (Å²) in [6.07, 6.45) is 5.86. The van der Waals surface area contributed by atoms with E-state index in [1.165, 1.54) is 0 Å². The molecule has 2 atom stereocenters. The van der Waals surface area contributed by atoms with Gasteiger partial charge >= 0.3 is 0 Å². The Hall–Kier alpha value is -1.11. The monoisotopic (exact) mass is 277 g/mol. The standard InChI is InChI=1S/C17H27NO2/c1-14(2,3)13-11-17(20-8,15(4,5)6)10-9-16(13,12-18)19-7/h9-11H,1-8H3/t16-,17-/m1/s1. The van der Waals surface area contributed by atoms with Gasteiger partial charge < -0.3 is 9.47 Å². The molecule has 1 aliphatic rings. The first-order valence-corrected chi connectivity index (χ1v) is 6.94. The number of ether oxygens (including phenoxy) is 2. The van der Waals surface area contributed by atoms with Crippen LogP contribution in [0.25, 0.3) is 0 Å². The second-order valence-electron chi connectivity index (χ2n) is 7.44. The lowest BCUT2D eigenvalue weighted by atomic mass is 9.65. The summed E-state index contributed by atoms with van der Waals surface area (Å²) >= 11 is 0. The highest BCUT2D eigenvalue weighted by Crippen LogP contribution is 2.47. The van der Waals surface area contributed by atoms with Gasteiger partial charge in [0, 0.05) is 14.2 Å². The lowest BCUT2D eigenvalue weighted by Gasteiger charge is -2.46. The van der Waals surface area contributed by atoms with Crippen molar-refractivity contribution in [2.45, 2.75) is 52.7 Å². The van der Waals surface area contributed by atoms with Crippen LogP contribution in [0, 0.1) is 22.2 Å². The Morgan fingerprint density at radius 1 is 1.00 bits per heavy atom. The van der Waals surface area contributed by atoms with Gasteiger partial charge in [0.25, 0.3) is 0 Å². The second kappa shape index (κ2) is 5.02. The van der Waals surface area contributed by atoms with Crippen LogP contribution < -0.4 is 0 Å². The summed E-state index contributed by atoms with van der Waals surface area (Å²) in [6, 6.07) is 2.30. The van der Waals surface area contributed by atoms with Gasteiger partial charge in [-0.25, -0.2) is 0 Å². The summed E-state index contributed by atoms with van der Waals surface area (Å²) < 4.78 is 11.4. The average Bonchev–Trinajstić information content (AvgIpc) is 2.35. The van der Waals surface area contributed by atoms with Gasteiger partial charge in [-0.05, 0) is 34.6 Å². The molecular weight excluding hydrogens is 250 g/mol. The van der Waals surface area contributed by atoms with E-state index in [1.807, 2.05) is 12.2 Å². The van der Waals surface area contributed by atoms with Gasteiger partial charge in [-0.1, -0.05) is 41.5 Å². The molecule has 0 heterocycles. The third kappa shape index (κ3) is 2.55. The van der Waals surface area contributed by atoms with E-state index in [4.69, 9.17) is 9.47 Å². The Balaban J connectivity index is 3.57. The fraction of sp³-hybridized carbons (Fsp3) is 0.706. The smallest absolute Gasteiger partial charge is 0.194 e. The first-order valence-electron chi connectivity index (χ1n) is 6.94. The lowest BCUT2D eigenvalue weighted by Crippen LogP contribution is -2.48. The predicted molar refractivity (Wildman–Crippen MR) is 81.2 cm³/mol. The maximum Gasteiger partial charge on any atom is 0.194 e. The Morgan fingerprint density at radius 2 is 1.55 bits per heavy atom. The van der Waals surface area contributed by atoms with Crippen molar-refractivity contribution < 1.29 is 9.47 Å². The summed E-state index contributed by atoms with van der Waals surface area (Å²) in [7, 11) is 3.28. The van der Waals surface area contributed by atoms with E-state index >= 15 is 0 Å². The van der Waals surface area contributed by atoms with Gasteiger partial charge in [0.2, 0.25) is 0 Å². The fourth-order valence-electron chi connectivity index (χ4n) is 2.70. The zero-order chi connectivity index (χ0) is 15.8. The Bertz CT molecular complexity index is 471. The molecule has 1 rings (SSSR count). The first kappa shape index (κ1) is 16.9. The van der Waals surface area contributed by atoms with Gasteiger partial charge in [-0.3, -0.25) is 0 Å². The van der Waals surface area contributed by atoms with Gasteiger partial charge in [0.05, 0.1) is 0 Å². The molecule has 0 aromatic carbocycles. The molecule has 0 fully saturated rings. The molecular formula is C17H27NO2. The fourth-order valence-corrected chi connectivity index (χ4v) is 2.70. The summed E-state index contributed by atoms with van der Waals surface area (Å²) in [6.45, 7) is 12.7. The van der Waals surface area contributed by atoms with Crippen LogP contribution in [0.5, 0.6) is 0 Å². The minimum Gasteiger partial charge on any atom is -0.369 e. The molecule has 1 aliphatic carbocycles. The molecule has 0 spiro atoms. The summed E-state index contributed by atoms with van der Waals surface area (Å²) in [5.74, 6) is 0. The molecule has 3 heteroatoms. The van der Waals surface area contributed by atoms with Crippen LogP contribution in [0.3, 0.4) is 0 Å². The van der Waals surface area contributed by atoms with Crippen molar-refractivity contribution in [3.63, 3.8) is 0 Å². The largest absolute Gasteiger partial charge is 0.369 e. The molecule has 0 aromatic rings. The highest BCUT2D eigenvalue weighted by molar-refractivity contribution is 5.46. The van der Waals surface area contributed by atoms with E-state index in [9.17, 15) is 5.26 Å². The highest BCUT2D eigenvalue weighted by Gasteiger charge is 2.48. The molecule has 0 amide bonds. The number of rotatable bonds is 2. The number of nitrogens with zero attached hydrogens (tertiary/aromatic N) is 1. The molecule has 0 aliphatic heterocycles. The van der Waals surface area contributed by atoms with E-state index in [2.05, 4.69) is 53.7 Å². The minimum atomic E-state index is -1.01. The maximum absolute atomic E-state index is 9.61. The summed E-state index contributed by atoms with van der Waals surface area (Å²) in [5.41, 5.74) is -0.912.